The van der Waals surface area contributed by atoms with Crippen LogP contribution in [0.2, 0.25) is 0 Å². The van der Waals surface area contributed by atoms with Crippen molar-refractivity contribution < 1.29 is 19.1 Å². The highest BCUT2D eigenvalue weighted by Crippen LogP contribution is 2.19. The minimum Gasteiger partial charge on any atom is -0.482 e. The van der Waals surface area contributed by atoms with E-state index < -0.39 is 5.97 Å². The van der Waals surface area contributed by atoms with Gasteiger partial charge in [-0.15, -0.1) is 5.10 Å². The maximum Gasteiger partial charge on any atom is 0.343 e. The van der Waals surface area contributed by atoms with Crippen LogP contribution in [0.25, 0.3) is 0 Å². The number of carbonyl (C=O) groups is 2. The summed E-state index contributed by atoms with van der Waals surface area (Å²) in [5.41, 5.74) is 0.790. The van der Waals surface area contributed by atoms with Gasteiger partial charge in [0.25, 0.3) is 5.91 Å². The van der Waals surface area contributed by atoms with E-state index in [0.29, 0.717) is 11.4 Å². The van der Waals surface area contributed by atoms with Gasteiger partial charge in [-0.1, -0.05) is 11.3 Å². The van der Waals surface area contributed by atoms with Crippen molar-refractivity contribution in [2.75, 3.05) is 32.1 Å². The van der Waals surface area contributed by atoms with Crippen molar-refractivity contribution in [3.63, 3.8) is 0 Å². The van der Waals surface area contributed by atoms with Crippen molar-refractivity contribution in [2.45, 2.75) is 18.9 Å². The summed E-state index contributed by atoms with van der Waals surface area (Å²) in [5, 5.41) is 14.1. The van der Waals surface area contributed by atoms with E-state index in [1.165, 1.54) is 7.11 Å². The lowest BCUT2D eigenvalue weighted by atomic mass is 10.1. The molecule has 0 spiro atoms. The van der Waals surface area contributed by atoms with Crippen molar-refractivity contribution in [1.29, 1.82) is 0 Å². The van der Waals surface area contributed by atoms with Crippen molar-refractivity contribution in [2.24, 2.45) is 0 Å². The van der Waals surface area contributed by atoms with Crippen LogP contribution in [0.15, 0.2) is 30.5 Å². The van der Waals surface area contributed by atoms with Gasteiger partial charge in [-0.2, -0.15) is 0 Å². The van der Waals surface area contributed by atoms with Crippen LogP contribution >= 0.6 is 0 Å². The molecule has 2 N–H and O–H groups in total. The molecule has 26 heavy (non-hydrogen) atoms. The Kier molecular flexibility index (Phi) is 5.80. The normalized spacial score (nSPS) is 14.7. The van der Waals surface area contributed by atoms with Crippen molar-refractivity contribution in [1.82, 2.24) is 20.3 Å². The Hall–Kier alpha value is -2.94. The zero-order valence-electron chi connectivity index (χ0n) is 14.5. The molecule has 0 unspecified atom stereocenters. The minimum atomic E-state index is -0.478. The Bertz CT molecular complexity index is 770. The molecule has 1 aliphatic rings. The van der Waals surface area contributed by atoms with Crippen LogP contribution in [0, 0.1) is 0 Å². The standard InChI is InChI=1S/C17H21N5O4/c1-25-16(23)11-26-14-4-2-3-12(9-14)19-17(24)15-10-22(21-20-15)13-5-7-18-8-6-13/h2-4,9-10,13,18H,5-8,11H2,1H3,(H,19,24). The lowest BCUT2D eigenvalue weighted by molar-refractivity contribution is -0.142. The Labute approximate surface area is 150 Å². The second-order valence-corrected chi connectivity index (χ2v) is 5.91. The van der Waals surface area contributed by atoms with Gasteiger partial charge in [0, 0.05) is 11.8 Å². The van der Waals surface area contributed by atoms with Gasteiger partial charge in [-0.05, 0) is 38.1 Å². The SMILES string of the molecule is COC(=O)COc1cccc(NC(=O)c2cn(C3CCNCC3)nn2)c1. The number of anilines is 1. The summed E-state index contributed by atoms with van der Waals surface area (Å²) in [6.07, 6.45) is 3.59. The number of nitrogens with zero attached hydrogens (tertiary/aromatic N) is 3. The summed E-state index contributed by atoms with van der Waals surface area (Å²) in [4.78, 5) is 23.5. The topological polar surface area (TPSA) is 107 Å². The fraction of sp³-hybridized carbons (Fsp3) is 0.412. The number of hydrogen-bond acceptors (Lipinski definition) is 7. The molecular weight excluding hydrogens is 338 g/mol. The number of aromatic nitrogens is 3. The quantitative estimate of drug-likeness (QED) is 0.741. The van der Waals surface area contributed by atoms with Gasteiger partial charge in [-0.3, -0.25) is 4.79 Å². The van der Waals surface area contributed by atoms with Crippen LogP contribution in [0.1, 0.15) is 29.4 Å². The molecule has 1 aliphatic heterocycles. The fourth-order valence-corrected chi connectivity index (χ4v) is 2.69. The zero-order valence-corrected chi connectivity index (χ0v) is 14.5. The van der Waals surface area contributed by atoms with Crippen LogP contribution in [-0.2, 0) is 9.53 Å². The van der Waals surface area contributed by atoms with Gasteiger partial charge in [0.05, 0.1) is 19.3 Å². The van der Waals surface area contributed by atoms with E-state index in [1.54, 1.807) is 35.1 Å². The van der Waals surface area contributed by atoms with Crippen molar-refractivity contribution in [3.05, 3.63) is 36.2 Å². The highest BCUT2D eigenvalue weighted by atomic mass is 16.6. The third-order valence-corrected chi connectivity index (χ3v) is 4.10. The monoisotopic (exact) mass is 359 g/mol. The first kappa shape index (κ1) is 17.9. The van der Waals surface area contributed by atoms with E-state index in [9.17, 15) is 9.59 Å². The molecule has 2 aromatic rings. The maximum atomic E-state index is 12.4. The summed E-state index contributed by atoms with van der Waals surface area (Å²) < 4.78 is 11.6. The number of ether oxygens (including phenoxy) is 2. The Balaban J connectivity index is 1.61. The molecule has 2 heterocycles. The third kappa shape index (κ3) is 4.57. The van der Waals surface area contributed by atoms with Crippen molar-refractivity contribution >= 4 is 17.6 Å². The smallest absolute Gasteiger partial charge is 0.343 e. The predicted octanol–water partition coefficient (Wildman–Crippen LogP) is 1.01. The van der Waals surface area contributed by atoms with E-state index >= 15 is 0 Å². The Morgan fingerprint density at radius 3 is 2.92 bits per heavy atom. The van der Waals surface area contributed by atoms with E-state index in [4.69, 9.17) is 4.74 Å². The van der Waals surface area contributed by atoms with Gasteiger partial charge in [0.15, 0.2) is 12.3 Å². The molecule has 1 amide bonds. The van der Waals surface area contributed by atoms with Gasteiger partial charge in [0.1, 0.15) is 5.75 Å². The number of hydrogen-bond donors (Lipinski definition) is 2. The number of carbonyl (C=O) groups excluding carboxylic acids is 2. The number of nitrogens with one attached hydrogen (secondary N) is 2. The molecule has 9 heteroatoms. The molecule has 0 atom stereocenters. The summed E-state index contributed by atoms with van der Waals surface area (Å²) in [6.45, 7) is 1.67. The van der Waals surface area contributed by atoms with Gasteiger partial charge < -0.3 is 20.1 Å². The van der Waals surface area contributed by atoms with E-state index in [1.807, 2.05) is 0 Å². The van der Waals surface area contributed by atoms with E-state index in [-0.39, 0.29) is 24.2 Å². The minimum absolute atomic E-state index is 0.196. The molecule has 9 nitrogen and oxygen atoms in total. The average molecular weight is 359 g/mol. The fourth-order valence-electron chi connectivity index (χ4n) is 2.69. The number of methoxy groups -OCH3 is 1. The van der Waals surface area contributed by atoms with Crippen LogP contribution in [0.3, 0.4) is 0 Å². The number of amides is 1. The van der Waals surface area contributed by atoms with Crippen LogP contribution in [0.4, 0.5) is 5.69 Å². The van der Waals surface area contributed by atoms with Gasteiger partial charge in [-0.25, -0.2) is 9.48 Å². The van der Waals surface area contributed by atoms with Crippen LogP contribution in [0.5, 0.6) is 5.75 Å². The average Bonchev–Trinajstić information content (AvgIpc) is 3.17. The molecule has 1 aromatic carbocycles. The molecule has 0 bridgehead atoms. The van der Waals surface area contributed by atoms with Crippen LogP contribution in [-0.4, -0.2) is 53.7 Å². The lowest BCUT2D eigenvalue weighted by Gasteiger charge is -2.22. The molecular formula is C17H21N5O4. The van der Waals surface area contributed by atoms with E-state index in [0.717, 1.165) is 25.9 Å². The molecule has 0 aliphatic carbocycles. The molecule has 1 fully saturated rings. The Morgan fingerprint density at radius 2 is 2.15 bits per heavy atom. The third-order valence-electron chi connectivity index (χ3n) is 4.10. The summed E-state index contributed by atoms with van der Waals surface area (Å²) in [5.74, 6) is -0.379. The first-order valence-electron chi connectivity index (χ1n) is 8.39. The summed E-state index contributed by atoms with van der Waals surface area (Å²) in [6, 6.07) is 7.01. The molecule has 0 radical (unpaired) electrons. The largest absolute Gasteiger partial charge is 0.482 e. The molecule has 3 rings (SSSR count). The second kappa shape index (κ2) is 8.43. The molecule has 1 aromatic heterocycles. The molecule has 0 saturated carbocycles. The Morgan fingerprint density at radius 1 is 1.35 bits per heavy atom. The zero-order chi connectivity index (χ0) is 18.4. The van der Waals surface area contributed by atoms with Gasteiger partial charge >= 0.3 is 5.97 Å². The highest BCUT2D eigenvalue weighted by Gasteiger charge is 2.19. The molecule has 138 valence electrons. The summed E-state index contributed by atoms with van der Waals surface area (Å²) >= 11 is 0. The van der Waals surface area contributed by atoms with Crippen LogP contribution < -0.4 is 15.4 Å². The first-order valence-corrected chi connectivity index (χ1v) is 8.39. The molecule has 1 saturated heterocycles. The summed E-state index contributed by atoms with van der Waals surface area (Å²) in [7, 11) is 1.29. The predicted molar refractivity (Wildman–Crippen MR) is 93.1 cm³/mol. The number of piperidine rings is 1. The lowest BCUT2D eigenvalue weighted by Crippen LogP contribution is -2.29. The number of rotatable bonds is 6. The number of esters is 1. The maximum absolute atomic E-state index is 12.4. The highest BCUT2D eigenvalue weighted by molar-refractivity contribution is 6.02. The van der Waals surface area contributed by atoms with E-state index in [2.05, 4.69) is 25.7 Å². The first-order chi connectivity index (χ1) is 12.7. The second-order valence-electron chi connectivity index (χ2n) is 5.91. The van der Waals surface area contributed by atoms with Gasteiger partial charge in [0.2, 0.25) is 0 Å². The number of benzene rings is 1. The van der Waals surface area contributed by atoms with Crippen molar-refractivity contribution in [3.8, 4) is 5.75 Å².